The molecule has 4 nitrogen and oxygen atoms in total. The van der Waals surface area contributed by atoms with Crippen molar-refractivity contribution in [3.8, 4) is 0 Å². The van der Waals surface area contributed by atoms with E-state index in [-0.39, 0.29) is 16.8 Å². The Hall–Kier alpha value is -2.88. The summed E-state index contributed by atoms with van der Waals surface area (Å²) in [5.41, 5.74) is 1.72. The lowest BCUT2D eigenvalue weighted by molar-refractivity contribution is -0.137. The van der Waals surface area contributed by atoms with Gasteiger partial charge in [0.1, 0.15) is 4.91 Å². The van der Waals surface area contributed by atoms with Gasteiger partial charge in [0.15, 0.2) is 5.17 Å². The Balaban J connectivity index is 1.62. The zero-order valence-electron chi connectivity index (χ0n) is 18.4. The van der Waals surface area contributed by atoms with Gasteiger partial charge in [-0.1, -0.05) is 41.6 Å². The van der Waals surface area contributed by atoms with E-state index < -0.39 is 11.7 Å². The maximum absolute atomic E-state index is 13.7. The summed E-state index contributed by atoms with van der Waals surface area (Å²) in [7, 11) is 1.85. The van der Waals surface area contributed by atoms with Crippen molar-refractivity contribution in [3.05, 3.63) is 92.8 Å². The first-order valence-corrected chi connectivity index (χ1v) is 12.4. The largest absolute Gasteiger partial charge is 0.416 e. The van der Waals surface area contributed by atoms with E-state index >= 15 is 0 Å². The summed E-state index contributed by atoms with van der Waals surface area (Å²) in [5.74, 6) is -0.292. The van der Waals surface area contributed by atoms with Crippen molar-refractivity contribution in [2.24, 2.45) is 4.99 Å². The van der Waals surface area contributed by atoms with Crippen LogP contribution in [0.4, 0.5) is 30.2 Å². The molecule has 2 heterocycles. The molecular formula is C25H17ClF3N3OS2. The highest BCUT2D eigenvalue weighted by molar-refractivity contribution is 8.20. The molecule has 0 radical (unpaired) electrons. The molecule has 1 saturated heterocycles. The number of aliphatic imine (C=N–C) groups is 1. The Morgan fingerprint density at radius 3 is 2.49 bits per heavy atom. The highest BCUT2D eigenvalue weighted by Crippen LogP contribution is 2.51. The molecule has 178 valence electrons. The number of rotatable bonds is 2. The second-order valence-electron chi connectivity index (χ2n) is 7.93. The molecule has 0 N–H and O–H groups in total. The van der Waals surface area contributed by atoms with Gasteiger partial charge in [0.25, 0.3) is 5.91 Å². The van der Waals surface area contributed by atoms with Crippen LogP contribution >= 0.6 is 35.1 Å². The molecule has 1 fully saturated rings. The van der Waals surface area contributed by atoms with E-state index in [0.29, 0.717) is 20.6 Å². The van der Waals surface area contributed by atoms with Crippen molar-refractivity contribution in [3.63, 3.8) is 0 Å². The molecule has 0 atom stereocenters. The van der Waals surface area contributed by atoms with E-state index in [1.165, 1.54) is 28.8 Å². The SMILES string of the molecule is Cc1cccc(N2C(=O)/C(=C3/Sc4ccc(Cl)cc4N3C)SC2=Nc2cccc(C(F)(F)F)c2)c1. The Morgan fingerprint density at radius 2 is 1.74 bits per heavy atom. The number of carbonyl (C=O) groups excluding carboxylic acids is 1. The van der Waals surface area contributed by atoms with E-state index in [0.717, 1.165) is 40.0 Å². The Bertz CT molecular complexity index is 1420. The molecule has 3 aromatic carbocycles. The normalized spacial score (nSPS) is 19.1. The highest BCUT2D eigenvalue weighted by atomic mass is 35.5. The number of halogens is 4. The molecule has 2 aliphatic heterocycles. The van der Waals surface area contributed by atoms with Gasteiger partial charge in [0.05, 0.1) is 27.7 Å². The van der Waals surface area contributed by atoms with Crippen molar-refractivity contribution in [2.75, 3.05) is 16.8 Å². The molecule has 0 aliphatic carbocycles. The molecule has 0 unspecified atom stereocenters. The minimum Gasteiger partial charge on any atom is -0.337 e. The zero-order chi connectivity index (χ0) is 24.9. The molecule has 1 amide bonds. The van der Waals surface area contributed by atoms with E-state index in [9.17, 15) is 18.0 Å². The fraction of sp³-hybridized carbons (Fsp3) is 0.120. The summed E-state index contributed by atoms with van der Waals surface area (Å²) in [6.45, 7) is 1.90. The third kappa shape index (κ3) is 4.55. The fourth-order valence-electron chi connectivity index (χ4n) is 3.75. The van der Waals surface area contributed by atoms with Crippen LogP contribution in [0, 0.1) is 6.92 Å². The van der Waals surface area contributed by atoms with Gasteiger partial charge in [-0.2, -0.15) is 13.2 Å². The van der Waals surface area contributed by atoms with Gasteiger partial charge in [-0.25, -0.2) is 4.99 Å². The number of aryl methyl sites for hydroxylation is 1. The standard InChI is InChI=1S/C25H17ClF3N3OS2/c1-14-5-3-8-18(11-14)32-22(33)21(23-31(2)19-13-16(26)9-10-20(19)34-23)35-24(32)30-17-7-4-6-15(12-17)25(27,28)29/h3-13H,1-2H3/b23-21-,30-24?. The van der Waals surface area contributed by atoms with Crippen LogP contribution in [0.2, 0.25) is 5.02 Å². The fourth-order valence-corrected chi connectivity index (χ4v) is 6.25. The number of amidine groups is 1. The van der Waals surface area contributed by atoms with Crippen LogP contribution in [0.25, 0.3) is 0 Å². The molecule has 0 spiro atoms. The van der Waals surface area contributed by atoms with Crippen LogP contribution in [0.1, 0.15) is 11.1 Å². The van der Waals surface area contributed by atoms with Crippen molar-refractivity contribution < 1.29 is 18.0 Å². The van der Waals surface area contributed by atoms with Gasteiger partial charge in [-0.05, 0) is 72.8 Å². The maximum Gasteiger partial charge on any atom is 0.416 e. The zero-order valence-corrected chi connectivity index (χ0v) is 20.8. The first-order chi connectivity index (χ1) is 16.6. The summed E-state index contributed by atoms with van der Waals surface area (Å²) in [4.78, 5) is 22.9. The first kappa shape index (κ1) is 23.8. The number of fused-ring (bicyclic) bond motifs is 1. The molecule has 0 bridgehead atoms. The number of amides is 1. The number of alkyl halides is 3. The molecule has 3 aromatic rings. The number of nitrogens with zero attached hydrogens (tertiary/aromatic N) is 3. The van der Waals surface area contributed by atoms with E-state index in [1.807, 2.05) is 49.2 Å². The number of benzene rings is 3. The second-order valence-corrected chi connectivity index (χ2v) is 10.4. The average Bonchev–Trinajstić information content (AvgIpc) is 3.29. The number of hydrogen-bond donors (Lipinski definition) is 0. The number of thioether (sulfide) groups is 2. The summed E-state index contributed by atoms with van der Waals surface area (Å²) >= 11 is 8.75. The van der Waals surface area contributed by atoms with Crippen LogP contribution in [0.5, 0.6) is 0 Å². The topological polar surface area (TPSA) is 35.9 Å². The van der Waals surface area contributed by atoms with E-state index in [2.05, 4.69) is 4.99 Å². The van der Waals surface area contributed by atoms with Crippen LogP contribution in [-0.2, 0) is 11.0 Å². The first-order valence-electron chi connectivity index (χ1n) is 10.4. The number of anilines is 2. The molecule has 35 heavy (non-hydrogen) atoms. The van der Waals surface area contributed by atoms with Crippen molar-refractivity contribution in [2.45, 2.75) is 18.0 Å². The van der Waals surface area contributed by atoms with Crippen LogP contribution in [0.15, 0.2) is 86.6 Å². The number of carbonyl (C=O) groups is 1. The third-order valence-corrected chi connectivity index (χ3v) is 8.06. The Morgan fingerprint density at radius 1 is 0.971 bits per heavy atom. The van der Waals surface area contributed by atoms with Gasteiger partial charge in [-0.3, -0.25) is 9.69 Å². The summed E-state index contributed by atoms with van der Waals surface area (Å²) in [6, 6.07) is 17.6. The Kier molecular flexibility index (Phi) is 6.11. The second kappa shape index (κ2) is 8.96. The summed E-state index contributed by atoms with van der Waals surface area (Å²) in [6.07, 6.45) is -4.49. The molecule has 0 saturated carbocycles. The highest BCUT2D eigenvalue weighted by Gasteiger charge is 2.40. The van der Waals surface area contributed by atoms with Crippen LogP contribution < -0.4 is 9.80 Å². The predicted molar refractivity (Wildman–Crippen MR) is 138 cm³/mol. The summed E-state index contributed by atoms with van der Waals surface area (Å²) < 4.78 is 39.8. The average molecular weight is 532 g/mol. The predicted octanol–water partition coefficient (Wildman–Crippen LogP) is 7.85. The number of hydrogen-bond acceptors (Lipinski definition) is 5. The van der Waals surface area contributed by atoms with Gasteiger partial charge in [-0.15, -0.1) is 0 Å². The van der Waals surface area contributed by atoms with Crippen molar-refractivity contribution in [1.82, 2.24) is 0 Å². The van der Waals surface area contributed by atoms with E-state index in [1.54, 1.807) is 12.1 Å². The van der Waals surface area contributed by atoms with Gasteiger partial charge in [0.2, 0.25) is 0 Å². The molecule has 0 aromatic heterocycles. The lowest BCUT2D eigenvalue weighted by atomic mass is 10.2. The van der Waals surface area contributed by atoms with Crippen LogP contribution in [0.3, 0.4) is 0 Å². The summed E-state index contributed by atoms with van der Waals surface area (Å²) in [5, 5.41) is 1.58. The lowest BCUT2D eigenvalue weighted by Crippen LogP contribution is -2.29. The monoisotopic (exact) mass is 531 g/mol. The van der Waals surface area contributed by atoms with Gasteiger partial charge >= 0.3 is 6.18 Å². The minimum absolute atomic E-state index is 0.113. The van der Waals surface area contributed by atoms with E-state index in [4.69, 9.17) is 11.6 Å². The quantitative estimate of drug-likeness (QED) is 0.315. The molecule has 5 rings (SSSR count). The molecule has 10 heteroatoms. The van der Waals surface area contributed by atoms with Crippen molar-refractivity contribution in [1.29, 1.82) is 0 Å². The third-order valence-electron chi connectivity index (χ3n) is 5.43. The molecule has 2 aliphatic rings. The van der Waals surface area contributed by atoms with Crippen molar-refractivity contribution >= 4 is 63.3 Å². The van der Waals surface area contributed by atoms with Crippen LogP contribution in [-0.4, -0.2) is 18.1 Å². The van der Waals surface area contributed by atoms with Gasteiger partial charge < -0.3 is 4.90 Å². The molecular weight excluding hydrogens is 515 g/mol. The Labute approximate surface area is 213 Å². The van der Waals surface area contributed by atoms with Gasteiger partial charge in [0, 0.05) is 17.0 Å². The smallest absolute Gasteiger partial charge is 0.337 e. The maximum atomic E-state index is 13.7. The minimum atomic E-state index is -4.49. The lowest BCUT2D eigenvalue weighted by Gasteiger charge is -2.17.